The Morgan fingerprint density at radius 3 is 2.21 bits per heavy atom. The molecule has 154 valence electrons. The summed E-state index contributed by atoms with van der Waals surface area (Å²) in [6.45, 7) is 1.87. The normalized spacial score (nSPS) is 11.7. The summed E-state index contributed by atoms with van der Waals surface area (Å²) in [6, 6.07) is 10.8. The second kappa shape index (κ2) is 10.2. The molecule has 0 aliphatic carbocycles. The van der Waals surface area contributed by atoms with E-state index in [0.29, 0.717) is 17.1 Å². The van der Waals surface area contributed by atoms with Gasteiger partial charge in [-0.05, 0) is 42.5 Å². The van der Waals surface area contributed by atoms with Gasteiger partial charge in [0.1, 0.15) is 16.4 Å². The van der Waals surface area contributed by atoms with Gasteiger partial charge >= 0.3 is 0 Å². The molecule has 1 atom stereocenters. The maximum absolute atomic E-state index is 12.8. The van der Waals surface area contributed by atoms with Crippen molar-refractivity contribution in [2.45, 2.75) is 11.8 Å². The summed E-state index contributed by atoms with van der Waals surface area (Å²) in [6.07, 6.45) is 0. The minimum atomic E-state index is -3.95. The van der Waals surface area contributed by atoms with Crippen LogP contribution in [0.25, 0.3) is 0 Å². The zero-order valence-corrected chi connectivity index (χ0v) is 17.4. The van der Waals surface area contributed by atoms with E-state index < -0.39 is 15.9 Å². The summed E-state index contributed by atoms with van der Waals surface area (Å²) < 4.78 is 38.3. The summed E-state index contributed by atoms with van der Waals surface area (Å²) in [5, 5.41) is 2.65. The van der Waals surface area contributed by atoms with E-state index in [0.717, 1.165) is 0 Å². The third-order valence-electron chi connectivity index (χ3n) is 3.86. The minimum Gasteiger partial charge on any atom is -0.497 e. The van der Waals surface area contributed by atoms with Gasteiger partial charge in [0, 0.05) is 23.8 Å². The van der Waals surface area contributed by atoms with Crippen LogP contribution in [0.2, 0.25) is 0 Å². The Morgan fingerprint density at radius 2 is 1.68 bits per heavy atom. The van der Waals surface area contributed by atoms with Gasteiger partial charge in [-0.2, -0.15) is 0 Å². The number of carbonyl (C=O) groups is 1. The van der Waals surface area contributed by atoms with Gasteiger partial charge in [-0.15, -0.1) is 12.4 Å². The first-order valence-electron chi connectivity index (χ1n) is 8.16. The zero-order chi connectivity index (χ0) is 20.0. The summed E-state index contributed by atoms with van der Waals surface area (Å²) in [7, 11) is -1.06. The molecule has 10 heteroatoms. The number of rotatable bonds is 8. The van der Waals surface area contributed by atoms with Crippen molar-refractivity contribution in [2.75, 3.05) is 30.8 Å². The number of benzene rings is 2. The highest BCUT2D eigenvalue weighted by atomic mass is 35.5. The number of sulfonamides is 1. The molecule has 0 saturated carbocycles. The summed E-state index contributed by atoms with van der Waals surface area (Å²) in [4.78, 5) is 11.9. The Hall–Kier alpha value is -2.49. The predicted octanol–water partition coefficient (Wildman–Crippen LogP) is 2.46. The number of anilines is 2. The van der Waals surface area contributed by atoms with E-state index in [2.05, 4.69) is 10.0 Å². The van der Waals surface area contributed by atoms with Gasteiger partial charge in [0.15, 0.2) is 0 Å². The molecular weight excluding hydrogens is 406 g/mol. The molecule has 1 amide bonds. The number of amides is 1. The van der Waals surface area contributed by atoms with Gasteiger partial charge in [0.25, 0.3) is 10.0 Å². The number of nitrogens with two attached hydrogens (primary N) is 1. The SMILES string of the molecule is COc1ccc(NS(=O)(=O)c2cc(NC(=O)C(C)CN)ccc2OC)cc1.Cl. The zero-order valence-electron chi connectivity index (χ0n) is 15.8. The lowest BCUT2D eigenvalue weighted by Crippen LogP contribution is -2.26. The van der Waals surface area contributed by atoms with Crippen molar-refractivity contribution in [1.29, 1.82) is 0 Å². The molecule has 4 N–H and O–H groups in total. The van der Waals surface area contributed by atoms with Crippen LogP contribution in [0.3, 0.4) is 0 Å². The maximum Gasteiger partial charge on any atom is 0.265 e. The predicted molar refractivity (Wildman–Crippen MR) is 111 cm³/mol. The van der Waals surface area contributed by atoms with Crippen molar-refractivity contribution >= 4 is 39.7 Å². The lowest BCUT2D eigenvalue weighted by atomic mass is 10.1. The number of carbonyl (C=O) groups excluding carboxylic acids is 1. The summed E-state index contributed by atoms with van der Waals surface area (Å²) in [5.41, 5.74) is 6.18. The van der Waals surface area contributed by atoms with Crippen LogP contribution in [-0.2, 0) is 14.8 Å². The fourth-order valence-electron chi connectivity index (χ4n) is 2.21. The highest BCUT2D eigenvalue weighted by molar-refractivity contribution is 7.92. The van der Waals surface area contributed by atoms with Crippen molar-refractivity contribution in [3.8, 4) is 11.5 Å². The Balaban J connectivity index is 0.00000392. The summed E-state index contributed by atoms with van der Waals surface area (Å²) >= 11 is 0. The van der Waals surface area contributed by atoms with E-state index in [9.17, 15) is 13.2 Å². The molecule has 0 heterocycles. The Bertz CT molecular complexity index is 904. The molecule has 0 radical (unpaired) electrons. The Kier molecular flexibility index (Phi) is 8.55. The molecule has 8 nitrogen and oxygen atoms in total. The molecular formula is C18H24ClN3O5S. The smallest absolute Gasteiger partial charge is 0.265 e. The highest BCUT2D eigenvalue weighted by Gasteiger charge is 2.21. The van der Waals surface area contributed by atoms with Crippen LogP contribution in [0.4, 0.5) is 11.4 Å². The first kappa shape index (κ1) is 23.5. The van der Waals surface area contributed by atoms with Crippen molar-refractivity contribution < 1.29 is 22.7 Å². The monoisotopic (exact) mass is 429 g/mol. The van der Waals surface area contributed by atoms with Gasteiger partial charge < -0.3 is 20.5 Å². The van der Waals surface area contributed by atoms with Crippen molar-refractivity contribution in [1.82, 2.24) is 0 Å². The maximum atomic E-state index is 12.8. The fraction of sp³-hybridized carbons (Fsp3) is 0.278. The van der Waals surface area contributed by atoms with E-state index >= 15 is 0 Å². The molecule has 0 aliphatic heterocycles. The highest BCUT2D eigenvalue weighted by Crippen LogP contribution is 2.29. The van der Waals surface area contributed by atoms with E-state index in [1.807, 2.05) is 0 Å². The molecule has 28 heavy (non-hydrogen) atoms. The van der Waals surface area contributed by atoms with Crippen LogP contribution in [0, 0.1) is 5.92 Å². The molecule has 0 aromatic heterocycles. The second-order valence-electron chi connectivity index (χ2n) is 5.83. The number of hydrogen-bond acceptors (Lipinski definition) is 6. The lowest BCUT2D eigenvalue weighted by Gasteiger charge is -2.15. The Labute approximate surface area is 170 Å². The van der Waals surface area contributed by atoms with Crippen LogP contribution in [0.5, 0.6) is 11.5 Å². The van der Waals surface area contributed by atoms with Crippen LogP contribution < -0.4 is 25.2 Å². The largest absolute Gasteiger partial charge is 0.497 e. The molecule has 0 saturated heterocycles. The average molecular weight is 430 g/mol. The van der Waals surface area contributed by atoms with E-state index in [-0.39, 0.29) is 35.5 Å². The molecule has 2 aromatic carbocycles. The van der Waals surface area contributed by atoms with Crippen LogP contribution >= 0.6 is 12.4 Å². The topological polar surface area (TPSA) is 120 Å². The first-order chi connectivity index (χ1) is 12.8. The fourth-order valence-corrected chi connectivity index (χ4v) is 3.46. The van der Waals surface area contributed by atoms with Crippen molar-refractivity contribution in [3.05, 3.63) is 42.5 Å². The van der Waals surface area contributed by atoms with E-state index in [1.54, 1.807) is 37.3 Å². The molecule has 2 aromatic rings. The molecule has 0 fully saturated rings. The standard InChI is InChI=1S/C18H23N3O5S.ClH/c1-12(11-19)18(22)20-14-6-9-16(26-3)17(10-14)27(23,24)21-13-4-7-15(25-2)8-5-13;/h4-10,12,21H,11,19H2,1-3H3,(H,20,22);1H. The van der Waals surface area contributed by atoms with Crippen LogP contribution in [0.15, 0.2) is 47.4 Å². The van der Waals surface area contributed by atoms with Crippen molar-refractivity contribution in [3.63, 3.8) is 0 Å². The number of halogens is 1. The average Bonchev–Trinajstić information content (AvgIpc) is 2.67. The Morgan fingerprint density at radius 1 is 1.07 bits per heavy atom. The summed E-state index contributed by atoms with van der Waals surface area (Å²) in [5.74, 6) is 0.0638. The number of hydrogen-bond donors (Lipinski definition) is 3. The van der Waals surface area contributed by atoms with Gasteiger partial charge in [0.05, 0.1) is 14.2 Å². The van der Waals surface area contributed by atoms with Crippen LogP contribution in [-0.4, -0.2) is 35.1 Å². The third kappa shape index (κ3) is 5.75. The second-order valence-corrected chi connectivity index (χ2v) is 7.48. The van der Waals surface area contributed by atoms with Gasteiger partial charge in [-0.3, -0.25) is 9.52 Å². The van der Waals surface area contributed by atoms with Gasteiger partial charge in [-0.1, -0.05) is 6.92 Å². The number of nitrogens with one attached hydrogen (secondary N) is 2. The third-order valence-corrected chi connectivity index (χ3v) is 5.27. The molecule has 0 spiro atoms. The van der Waals surface area contributed by atoms with E-state index in [4.69, 9.17) is 15.2 Å². The molecule has 1 unspecified atom stereocenters. The number of methoxy groups -OCH3 is 2. The van der Waals surface area contributed by atoms with E-state index in [1.165, 1.54) is 26.4 Å². The van der Waals surface area contributed by atoms with Crippen LogP contribution in [0.1, 0.15) is 6.92 Å². The quantitative estimate of drug-likeness (QED) is 0.592. The van der Waals surface area contributed by atoms with Crippen molar-refractivity contribution in [2.24, 2.45) is 11.7 Å². The lowest BCUT2D eigenvalue weighted by molar-refractivity contribution is -0.119. The number of ether oxygens (including phenoxy) is 2. The van der Waals surface area contributed by atoms with Gasteiger partial charge in [0.2, 0.25) is 5.91 Å². The molecule has 0 bridgehead atoms. The molecule has 0 aliphatic rings. The minimum absolute atomic E-state index is 0. The van der Waals surface area contributed by atoms with Gasteiger partial charge in [-0.25, -0.2) is 8.42 Å². The first-order valence-corrected chi connectivity index (χ1v) is 9.65. The molecule has 2 rings (SSSR count).